The van der Waals surface area contributed by atoms with Crippen molar-refractivity contribution in [3.05, 3.63) is 57.6 Å². The molecule has 1 saturated heterocycles. The zero-order valence-electron chi connectivity index (χ0n) is 13.2. The fourth-order valence-corrected chi connectivity index (χ4v) is 5.47. The van der Waals surface area contributed by atoms with Crippen molar-refractivity contribution in [2.24, 2.45) is 5.92 Å². The highest BCUT2D eigenvalue weighted by molar-refractivity contribution is 7.19. The molecule has 0 radical (unpaired) electrons. The number of fused-ring (bicyclic) bond motifs is 1. The molecule has 1 N–H and O–H groups in total. The Labute approximate surface area is 149 Å². The Kier molecular flexibility index (Phi) is 4.39. The third kappa shape index (κ3) is 2.99. The maximum absolute atomic E-state index is 11.5. The van der Waals surface area contributed by atoms with Gasteiger partial charge in [-0.2, -0.15) is 11.3 Å². The average Bonchev–Trinajstić information content (AvgIpc) is 3.25. The van der Waals surface area contributed by atoms with Crippen LogP contribution in [-0.2, 0) is 4.79 Å². The molecule has 5 heteroatoms. The summed E-state index contributed by atoms with van der Waals surface area (Å²) in [6.07, 6.45) is 1.73. The summed E-state index contributed by atoms with van der Waals surface area (Å²) in [6, 6.07) is 13.1. The number of rotatable bonds is 4. The van der Waals surface area contributed by atoms with Crippen LogP contribution in [0.15, 0.2) is 47.2 Å². The molecular formula is C19H19NO2S2. The molecule has 2 atom stereocenters. The summed E-state index contributed by atoms with van der Waals surface area (Å²) in [5.74, 6) is -0.922. The van der Waals surface area contributed by atoms with E-state index in [0.29, 0.717) is 6.54 Å². The van der Waals surface area contributed by atoms with E-state index in [1.165, 1.54) is 20.5 Å². The number of carbonyl (C=O) groups is 1. The first-order chi connectivity index (χ1) is 11.7. The van der Waals surface area contributed by atoms with Crippen LogP contribution in [0.25, 0.3) is 10.1 Å². The predicted molar refractivity (Wildman–Crippen MR) is 99.9 cm³/mol. The first-order valence-corrected chi connectivity index (χ1v) is 9.96. The van der Waals surface area contributed by atoms with Crippen LogP contribution in [0.1, 0.15) is 29.3 Å². The quantitative estimate of drug-likeness (QED) is 0.726. The molecule has 1 aliphatic rings. The lowest BCUT2D eigenvalue weighted by molar-refractivity contribution is -0.143. The van der Waals surface area contributed by atoms with Crippen molar-refractivity contribution in [3.63, 3.8) is 0 Å². The van der Waals surface area contributed by atoms with E-state index >= 15 is 0 Å². The fraction of sp³-hybridized carbons (Fsp3) is 0.316. The Morgan fingerprint density at radius 3 is 2.92 bits per heavy atom. The molecule has 3 aromatic rings. The predicted octanol–water partition coefficient (Wildman–Crippen LogP) is 4.85. The number of benzene rings is 1. The summed E-state index contributed by atoms with van der Waals surface area (Å²) >= 11 is 3.52. The highest BCUT2D eigenvalue weighted by Gasteiger charge is 2.32. The molecule has 3 heterocycles. The Balaban J connectivity index is 1.73. The van der Waals surface area contributed by atoms with E-state index in [-0.39, 0.29) is 12.0 Å². The van der Waals surface area contributed by atoms with Crippen molar-refractivity contribution in [2.75, 3.05) is 13.1 Å². The monoisotopic (exact) mass is 357 g/mol. The molecule has 2 aromatic heterocycles. The minimum Gasteiger partial charge on any atom is -0.481 e. The van der Waals surface area contributed by atoms with Gasteiger partial charge < -0.3 is 5.11 Å². The zero-order valence-corrected chi connectivity index (χ0v) is 14.9. The molecule has 0 saturated carbocycles. The molecule has 4 rings (SSSR count). The largest absolute Gasteiger partial charge is 0.481 e. The summed E-state index contributed by atoms with van der Waals surface area (Å²) in [6.45, 7) is 1.59. The van der Waals surface area contributed by atoms with E-state index in [9.17, 15) is 9.90 Å². The van der Waals surface area contributed by atoms with E-state index in [1.54, 1.807) is 11.3 Å². The van der Waals surface area contributed by atoms with Crippen LogP contribution in [0.5, 0.6) is 0 Å². The van der Waals surface area contributed by atoms with Crippen LogP contribution in [0.2, 0.25) is 0 Å². The van der Waals surface area contributed by atoms with Crippen LogP contribution < -0.4 is 0 Å². The average molecular weight is 358 g/mol. The van der Waals surface area contributed by atoms with Gasteiger partial charge in [-0.3, -0.25) is 9.69 Å². The summed E-state index contributed by atoms with van der Waals surface area (Å²) < 4.78 is 1.29. The van der Waals surface area contributed by atoms with E-state index in [4.69, 9.17) is 0 Å². The molecule has 124 valence electrons. The number of piperidine rings is 1. The van der Waals surface area contributed by atoms with E-state index < -0.39 is 5.97 Å². The first-order valence-electron chi connectivity index (χ1n) is 8.20. The van der Waals surface area contributed by atoms with Crippen LogP contribution in [0, 0.1) is 5.92 Å². The highest BCUT2D eigenvalue weighted by atomic mass is 32.1. The minimum atomic E-state index is -0.667. The maximum Gasteiger partial charge on any atom is 0.307 e. The third-order valence-electron chi connectivity index (χ3n) is 4.74. The lowest BCUT2D eigenvalue weighted by Gasteiger charge is -2.36. The smallest absolute Gasteiger partial charge is 0.307 e. The van der Waals surface area contributed by atoms with Gasteiger partial charge in [0, 0.05) is 16.1 Å². The molecule has 3 nitrogen and oxygen atoms in total. The van der Waals surface area contributed by atoms with Crippen molar-refractivity contribution < 1.29 is 9.90 Å². The van der Waals surface area contributed by atoms with Gasteiger partial charge in [-0.05, 0) is 59.3 Å². The molecule has 1 aromatic carbocycles. The van der Waals surface area contributed by atoms with Crippen molar-refractivity contribution in [2.45, 2.75) is 18.9 Å². The molecule has 1 fully saturated rings. The van der Waals surface area contributed by atoms with Gasteiger partial charge in [0.1, 0.15) is 0 Å². The summed E-state index contributed by atoms with van der Waals surface area (Å²) in [5.41, 5.74) is 1.28. The van der Waals surface area contributed by atoms with Crippen molar-refractivity contribution in [1.29, 1.82) is 0 Å². The molecular weight excluding hydrogens is 338 g/mol. The summed E-state index contributed by atoms with van der Waals surface area (Å²) in [5, 5.41) is 15.0. The maximum atomic E-state index is 11.5. The normalized spacial score (nSPS) is 20.2. The first kappa shape index (κ1) is 15.8. The second-order valence-electron chi connectivity index (χ2n) is 6.32. The van der Waals surface area contributed by atoms with Gasteiger partial charge in [-0.1, -0.05) is 18.2 Å². The molecule has 0 amide bonds. The molecule has 24 heavy (non-hydrogen) atoms. The third-order valence-corrected chi connectivity index (χ3v) is 6.61. The number of carboxylic acids is 1. The van der Waals surface area contributed by atoms with Crippen molar-refractivity contribution >= 4 is 38.7 Å². The van der Waals surface area contributed by atoms with Gasteiger partial charge in [0.2, 0.25) is 0 Å². The lowest BCUT2D eigenvalue weighted by atomic mass is 9.95. The van der Waals surface area contributed by atoms with Crippen LogP contribution >= 0.6 is 22.7 Å². The van der Waals surface area contributed by atoms with Gasteiger partial charge >= 0.3 is 5.97 Å². The topological polar surface area (TPSA) is 40.5 Å². The van der Waals surface area contributed by atoms with Gasteiger partial charge in [0.05, 0.1) is 12.0 Å². The Bertz CT molecular complexity index is 807. The lowest BCUT2D eigenvalue weighted by Crippen LogP contribution is -2.40. The fourth-order valence-electron chi connectivity index (χ4n) is 3.57. The second-order valence-corrected chi connectivity index (χ2v) is 8.21. The Morgan fingerprint density at radius 2 is 2.17 bits per heavy atom. The van der Waals surface area contributed by atoms with Crippen LogP contribution in [0.3, 0.4) is 0 Å². The van der Waals surface area contributed by atoms with Crippen molar-refractivity contribution in [1.82, 2.24) is 4.90 Å². The Morgan fingerprint density at radius 1 is 1.29 bits per heavy atom. The number of aliphatic carboxylic acids is 1. The van der Waals surface area contributed by atoms with Crippen LogP contribution in [-0.4, -0.2) is 29.1 Å². The molecule has 0 spiro atoms. The Hall–Kier alpha value is -1.69. The van der Waals surface area contributed by atoms with Gasteiger partial charge in [0.25, 0.3) is 0 Å². The summed E-state index contributed by atoms with van der Waals surface area (Å²) in [7, 11) is 0. The SMILES string of the molecule is O=C(O)C1CCCN(C(c2ccsc2)c2cc3ccccc3s2)C1. The number of likely N-dealkylation sites (tertiary alicyclic amines) is 1. The summed E-state index contributed by atoms with van der Waals surface area (Å²) in [4.78, 5) is 15.1. The zero-order chi connectivity index (χ0) is 16.5. The number of hydrogen-bond donors (Lipinski definition) is 1. The van der Waals surface area contributed by atoms with E-state index in [2.05, 4.69) is 52.1 Å². The molecule has 0 bridgehead atoms. The number of nitrogens with zero attached hydrogens (tertiary/aromatic N) is 1. The van der Waals surface area contributed by atoms with Gasteiger partial charge in [-0.25, -0.2) is 0 Å². The standard InChI is InChI=1S/C19H19NO2S2/c21-19(22)14-5-3-8-20(11-14)18(15-7-9-23-12-15)17-10-13-4-1-2-6-16(13)24-17/h1-2,4,6-7,9-10,12,14,18H,3,5,8,11H2,(H,21,22). The number of carboxylic acid groups (broad SMARTS) is 1. The highest BCUT2D eigenvalue weighted by Crippen LogP contribution is 2.39. The van der Waals surface area contributed by atoms with Crippen molar-refractivity contribution in [3.8, 4) is 0 Å². The molecule has 0 aliphatic carbocycles. The minimum absolute atomic E-state index is 0.163. The van der Waals surface area contributed by atoms with Crippen LogP contribution in [0.4, 0.5) is 0 Å². The second kappa shape index (κ2) is 6.67. The van der Waals surface area contributed by atoms with E-state index in [1.807, 2.05) is 11.3 Å². The van der Waals surface area contributed by atoms with Gasteiger partial charge in [0.15, 0.2) is 0 Å². The molecule has 1 aliphatic heterocycles. The number of thiophene rings is 2. The van der Waals surface area contributed by atoms with Gasteiger partial charge in [-0.15, -0.1) is 11.3 Å². The number of hydrogen-bond acceptors (Lipinski definition) is 4. The van der Waals surface area contributed by atoms with E-state index in [0.717, 1.165) is 19.4 Å². The molecule has 2 unspecified atom stereocenters.